The molecular formula is C18H17FN2OS. The monoisotopic (exact) mass is 328 g/mol. The second-order valence-electron chi connectivity index (χ2n) is 5.17. The molecule has 0 spiro atoms. The Bertz CT molecular complexity index is 782. The molecule has 3 aromatic rings. The lowest BCUT2D eigenvalue weighted by Gasteiger charge is -2.05. The number of benzene rings is 2. The average molecular weight is 328 g/mol. The molecule has 0 radical (unpaired) electrons. The van der Waals surface area contributed by atoms with Crippen molar-refractivity contribution in [3.05, 3.63) is 71.7 Å². The molecule has 0 saturated heterocycles. The third kappa shape index (κ3) is 3.93. The quantitative estimate of drug-likeness (QED) is 0.673. The minimum absolute atomic E-state index is 0.118. The standard InChI is InChI=1S/C18H17FN2OS/c19-15-7-3-1-6-14(15)12-23-10-9-20-18(22)17-11-13-5-2-4-8-16(13)21-17/h1-8,11,21H,9-10,12H2,(H,20,22). The molecule has 0 saturated carbocycles. The lowest BCUT2D eigenvalue weighted by molar-refractivity contribution is 0.0952. The number of rotatable bonds is 6. The summed E-state index contributed by atoms with van der Waals surface area (Å²) in [4.78, 5) is 15.2. The zero-order valence-electron chi connectivity index (χ0n) is 12.5. The van der Waals surface area contributed by atoms with Gasteiger partial charge < -0.3 is 10.3 Å². The molecule has 0 aliphatic rings. The number of amides is 1. The molecule has 0 aliphatic heterocycles. The first-order valence-corrected chi connectivity index (χ1v) is 8.56. The Labute approximate surface area is 138 Å². The Morgan fingerprint density at radius 1 is 1.13 bits per heavy atom. The van der Waals surface area contributed by atoms with Crippen LogP contribution >= 0.6 is 11.8 Å². The Hall–Kier alpha value is -2.27. The fourth-order valence-electron chi connectivity index (χ4n) is 2.33. The van der Waals surface area contributed by atoms with Gasteiger partial charge in [0.1, 0.15) is 11.5 Å². The van der Waals surface area contributed by atoms with Crippen molar-refractivity contribution in [3.63, 3.8) is 0 Å². The van der Waals surface area contributed by atoms with Crippen LogP contribution in [0.4, 0.5) is 4.39 Å². The molecule has 1 amide bonds. The van der Waals surface area contributed by atoms with Gasteiger partial charge in [-0.1, -0.05) is 36.4 Å². The minimum Gasteiger partial charge on any atom is -0.351 e. The molecule has 0 unspecified atom stereocenters. The lowest BCUT2D eigenvalue weighted by Crippen LogP contribution is -2.26. The highest BCUT2D eigenvalue weighted by atomic mass is 32.2. The van der Waals surface area contributed by atoms with Gasteiger partial charge in [0.25, 0.3) is 5.91 Å². The first-order chi connectivity index (χ1) is 11.2. The van der Waals surface area contributed by atoms with Crippen molar-refractivity contribution >= 4 is 28.6 Å². The van der Waals surface area contributed by atoms with Crippen molar-refractivity contribution in [2.45, 2.75) is 5.75 Å². The Morgan fingerprint density at radius 3 is 2.74 bits per heavy atom. The maximum Gasteiger partial charge on any atom is 0.267 e. The predicted octanol–water partition coefficient (Wildman–Crippen LogP) is 3.97. The van der Waals surface area contributed by atoms with Gasteiger partial charge in [-0.05, 0) is 23.8 Å². The van der Waals surface area contributed by atoms with E-state index in [4.69, 9.17) is 0 Å². The maximum absolute atomic E-state index is 13.5. The van der Waals surface area contributed by atoms with E-state index in [0.717, 1.165) is 16.7 Å². The van der Waals surface area contributed by atoms with Crippen molar-refractivity contribution in [2.24, 2.45) is 0 Å². The summed E-state index contributed by atoms with van der Waals surface area (Å²) >= 11 is 1.60. The third-order valence-corrected chi connectivity index (χ3v) is 4.53. The Morgan fingerprint density at radius 2 is 1.91 bits per heavy atom. The second-order valence-corrected chi connectivity index (χ2v) is 6.28. The highest BCUT2D eigenvalue weighted by Crippen LogP contribution is 2.16. The van der Waals surface area contributed by atoms with Crippen molar-refractivity contribution < 1.29 is 9.18 Å². The minimum atomic E-state index is -0.179. The molecule has 2 aromatic carbocycles. The zero-order chi connectivity index (χ0) is 16.1. The molecule has 1 heterocycles. The number of aromatic amines is 1. The first-order valence-electron chi connectivity index (χ1n) is 7.41. The Balaban J connectivity index is 1.45. The van der Waals surface area contributed by atoms with Crippen LogP contribution in [-0.4, -0.2) is 23.2 Å². The molecule has 23 heavy (non-hydrogen) atoms. The van der Waals surface area contributed by atoms with Crippen LogP contribution in [0.25, 0.3) is 10.9 Å². The van der Waals surface area contributed by atoms with E-state index in [1.807, 2.05) is 36.4 Å². The van der Waals surface area contributed by atoms with E-state index in [1.165, 1.54) is 6.07 Å². The SMILES string of the molecule is O=C(NCCSCc1ccccc1F)c1cc2ccccc2[nH]1. The van der Waals surface area contributed by atoms with Crippen molar-refractivity contribution in [3.8, 4) is 0 Å². The van der Waals surface area contributed by atoms with E-state index in [-0.39, 0.29) is 11.7 Å². The summed E-state index contributed by atoms with van der Waals surface area (Å²) in [6, 6.07) is 16.4. The number of carbonyl (C=O) groups excluding carboxylic acids is 1. The van der Waals surface area contributed by atoms with E-state index in [1.54, 1.807) is 23.9 Å². The van der Waals surface area contributed by atoms with Crippen LogP contribution in [-0.2, 0) is 5.75 Å². The van der Waals surface area contributed by atoms with Gasteiger partial charge in [-0.3, -0.25) is 4.79 Å². The highest BCUT2D eigenvalue weighted by molar-refractivity contribution is 7.98. The van der Waals surface area contributed by atoms with Crippen LogP contribution in [0.2, 0.25) is 0 Å². The second kappa shape index (κ2) is 7.33. The van der Waals surface area contributed by atoms with Gasteiger partial charge in [-0.25, -0.2) is 4.39 Å². The van der Waals surface area contributed by atoms with Crippen molar-refractivity contribution in [1.82, 2.24) is 10.3 Å². The summed E-state index contributed by atoms with van der Waals surface area (Å²) in [5, 5.41) is 3.90. The molecule has 1 aromatic heterocycles. The summed E-state index contributed by atoms with van der Waals surface area (Å²) in [6.07, 6.45) is 0. The summed E-state index contributed by atoms with van der Waals surface area (Å²) < 4.78 is 13.5. The number of hydrogen-bond donors (Lipinski definition) is 2. The van der Waals surface area contributed by atoms with E-state index >= 15 is 0 Å². The molecule has 3 rings (SSSR count). The number of halogens is 1. The first kappa shape index (κ1) is 15.6. The fraction of sp³-hybridized carbons (Fsp3) is 0.167. The Kier molecular flexibility index (Phi) is 4.98. The number of hydrogen-bond acceptors (Lipinski definition) is 2. The average Bonchev–Trinajstić information content (AvgIpc) is 3.00. The number of nitrogens with one attached hydrogen (secondary N) is 2. The third-order valence-electron chi connectivity index (χ3n) is 3.52. The summed E-state index contributed by atoms with van der Waals surface area (Å²) in [5.74, 6) is 1.05. The summed E-state index contributed by atoms with van der Waals surface area (Å²) in [7, 11) is 0. The number of aromatic nitrogens is 1. The maximum atomic E-state index is 13.5. The van der Waals surface area contributed by atoms with Crippen LogP contribution in [0.15, 0.2) is 54.6 Å². The van der Waals surface area contributed by atoms with Gasteiger partial charge >= 0.3 is 0 Å². The number of carbonyl (C=O) groups is 1. The van der Waals surface area contributed by atoms with Crippen molar-refractivity contribution in [1.29, 1.82) is 0 Å². The zero-order valence-corrected chi connectivity index (χ0v) is 13.3. The predicted molar refractivity (Wildman–Crippen MR) is 93.2 cm³/mol. The van der Waals surface area contributed by atoms with Crippen LogP contribution < -0.4 is 5.32 Å². The molecule has 0 atom stereocenters. The molecule has 2 N–H and O–H groups in total. The molecule has 0 bridgehead atoms. The molecule has 0 aliphatic carbocycles. The van der Waals surface area contributed by atoms with Gasteiger partial charge in [0.2, 0.25) is 0 Å². The van der Waals surface area contributed by atoms with Crippen LogP contribution in [0, 0.1) is 5.82 Å². The van der Waals surface area contributed by atoms with Crippen LogP contribution in [0.1, 0.15) is 16.1 Å². The smallest absolute Gasteiger partial charge is 0.267 e. The van der Waals surface area contributed by atoms with Gasteiger partial charge in [0, 0.05) is 29.0 Å². The molecule has 0 fully saturated rings. The van der Waals surface area contributed by atoms with E-state index in [9.17, 15) is 9.18 Å². The van der Waals surface area contributed by atoms with Gasteiger partial charge in [-0.2, -0.15) is 11.8 Å². The molecule has 118 valence electrons. The normalized spacial score (nSPS) is 10.8. The van der Waals surface area contributed by atoms with E-state index < -0.39 is 0 Å². The number of fused-ring (bicyclic) bond motifs is 1. The summed E-state index contributed by atoms with van der Waals surface area (Å²) in [5.41, 5.74) is 2.20. The van der Waals surface area contributed by atoms with E-state index in [2.05, 4.69) is 10.3 Å². The van der Waals surface area contributed by atoms with Gasteiger partial charge in [-0.15, -0.1) is 0 Å². The van der Waals surface area contributed by atoms with Crippen LogP contribution in [0.5, 0.6) is 0 Å². The summed E-state index contributed by atoms with van der Waals surface area (Å²) in [6.45, 7) is 0.549. The fourth-order valence-corrected chi connectivity index (χ4v) is 3.17. The van der Waals surface area contributed by atoms with Crippen molar-refractivity contribution in [2.75, 3.05) is 12.3 Å². The van der Waals surface area contributed by atoms with Crippen LogP contribution in [0.3, 0.4) is 0 Å². The largest absolute Gasteiger partial charge is 0.351 e. The molecule has 3 nitrogen and oxygen atoms in total. The lowest BCUT2D eigenvalue weighted by atomic mass is 10.2. The van der Waals surface area contributed by atoms with Gasteiger partial charge in [0.15, 0.2) is 0 Å². The number of H-pyrrole nitrogens is 1. The highest BCUT2D eigenvalue weighted by Gasteiger charge is 2.08. The molecular weight excluding hydrogens is 311 g/mol. The number of para-hydroxylation sites is 1. The molecule has 5 heteroatoms. The topological polar surface area (TPSA) is 44.9 Å². The van der Waals surface area contributed by atoms with Gasteiger partial charge in [0.05, 0.1) is 0 Å². The number of thioether (sulfide) groups is 1. The van der Waals surface area contributed by atoms with E-state index in [0.29, 0.717) is 23.6 Å².